The number of ether oxygens (including phenoxy) is 1. The molecular weight excluding hydrogens is 361 g/mol. The Labute approximate surface area is 161 Å². The summed E-state index contributed by atoms with van der Waals surface area (Å²) >= 11 is 0. The summed E-state index contributed by atoms with van der Waals surface area (Å²) in [7, 11) is 1.40. The number of rotatable bonds is 4. The molecule has 1 saturated heterocycles. The predicted molar refractivity (Wildman–Crippen MR) is 102 cm³/mol. The van der Waals surface area contributed by atoms with Gasteiger partial charge in [0.05, 0.1) is 13.0 Å². The van der Waals surface area contributed by atoms with Crippen LogP contribution in [0.5, 0.6) is 5.75 Å². The quantitative estimate of drug-likeness (QED) is 0.683. The molecule has 1 fully saturated rings. The molecular formula is C21H20FN3O3. The number of carbonyl (C=O) groups is 1. The van der Waals surface area contributed by atoms with Crippen molar-refractivity contribution in [2.75, 3.05) is 18.6 Å². The molecule has 1 aliphatic rings. The zero-order chi connectivity index (χ0) is 19.8. The van der Waals surface area contributed by atoms with Crippen molar-refractivity contribution < 1.29 is 18.4 Å². The van der Waals surface area contributed by atoms with E-state index in [1.165, 1.54) is 24.1 Å². The maximum Gasteiger partial charge on any atom is 0.232 e. The zero-order valence-corrected chi connectivity index (χ0v) is 15.9. The van der Waals surface area contributed by atoms with Gasteiger partial charge in [-0.05, 0) is 31.5 Å². The lowest BCUT2D eigenvalue weighted by molar-refractivity contribution is -0.117. The lowest BCUT2D eigenvalue weighted by atomic mass is 10.1. The van der Waals surface area contributed by atoms with Crippen molar-refractivity contribution in [2.45, 2.75) is 26.2 Å². The normalized spacial score (nSPS) is 16.6. The van der Waals surface area contributed by atoms with E-state index in [0.717, 1.165) is 16.7 Å². The Morgan fingerprint density at radius 3 is 2.75 bits per heavy atom. The van der Waals surface area contributed by atoms with Gasteiger partial charge in [0.15, 0.2) is 11.6 Å². The molecule has 0 spiro atoms. The number of halogens is 1. The fourth-order valence-corrected chi connectivity index (χ4v) is 3.52. The van der Waals surface area contributed by atoms with E-state index in [2.05, 4.69) is 16.2 Å². The highest BCUT2D eigenvalue weighted by Gasteiger charge is 2.35. The third-order valence-electron chi connectivity index (χ3n) is 4.99. The van der Waals surface area contributed by atoms with Crippen molar-refractivity contribution in [1.29, 1.82) is 0 Å². The first kappa shape index (κ1) is 18.2. The molecule has 7 heteroatoms. The molecule has 3 aromatic rings. The van der Waals surface area contributed by atoms with Crippen molar-refractivity contribution in [2.24, 2.45) is 0 Å². The van der Waals surface area contributed by atoms with Gasteiger partial charge < -0.3 is 14.2 Å². The molecule has 6 nitrogen and oxygen atoms in total. The number of aromatic nitrogens is 2. The molecule has 1 amide bonds. The number of carbonyl (C=O) groups excluding carboxylic acids is 1. The van der Waals surface area contributed by atoms with Gasteiger partial charge in [0.25, 0.3) is 0 Å². The summed E-state index contributed by atoms with van der Waals surface area (Å²) in [4.78, 5) is 18.5. The maximum atomic E-state index is 14.0. The van der Waals surface area contributed by atoms with Gasteiger partial charge in [0.1, 0.15) is 0 Å². The van der Waals surface area contributed by atoms with Crippen LogP contribution in [0.1, 0.15) is 29.4 Å². The summed E-state index contributed by atoms with van der Waals surface area (Å²) in [6, 6.07) is 10.5. The Hall–Kier alpha value is -3.22. The van der Waals surface area contributed by atoms with Crippen LogP contribution < -0.4 is 9.64 Å². The minimum absolute atomic E-state index is 0.110. The number of nitrogens with zero attached hydrogens (tertiary/aromatic N) is 3. The second-order valence-corrected chi connectivity index (χ2v) is 7.00. The topological polar surface area (TPSA) is 68.5 Å². The van der Waals surface area contributed by atoms with Crippen LogP contribution in [0.4, 0.5) is 10.1 Å². The molecule has 0 bridgehead atoms. The predicted octanol–water partition coefficient (Wildman–Crippen LogP) is 4.02. The van der Waals surface area contributed by atoms with Crippen LogP contribution >= 0.6 is 0 Å². The molecule has 2 aromatic carbocycles. The Morgan fingerprint density at radius 1 is 1.21 bits per heavy atom. The van der Waals surface area contributed by atoms with Gasteiger partial charge in [-0.3, -0.25) is 4.79 Å². The third-order valence-corrected chi connectivity index (χ3v) is 4.99. The molecule has 1 aromatic heterocycles. The molecule has 2 heterocycles. The third kappa shape index (κ3) is 3.24. The van der Waals surface area contributed by atoms with Gasteiger partial charge in [-0.1, -0.05) is 28.9 Å². The molecule has 0 aliphatic carbocycles. The lowest BCUT2D eigenvalue weighted by Gasteiger charge is -2.16. The monoisotopic (exact) mass is 381 g/mol. The Kier molecular flexibility index (Phi) is 4.58. The summed E-state index contributed by atoms with van der Waals surface area (Å²) in [5.41, 5.74) is 3.61. The maximum absolute atomic E-state index is 14.0. The lowest BCUT2D eigenvalue weighted by Crippen LogP contribution is -2.24. The smallest absolute Gasteiger partial charge is 0.232 e. The summed E-state index contributed by atoms with van der Waals surface area (Å²) in [6.45, 7) is 4.38. The number of methoxy groups -OCH3 is 1. The van der Waals surface area contributed by atoms with Gasteiger partial charge in [-0.2, -0.15) is 4.98 Å². The number of aryl methyl sites for hydroxylation is 2. The molecule has 0 saturated carbocycles. The highest BCUT2D eigenvalue weighted by molar-refractivity contribution is 5.96. The largest absolute Gasteiger partial charge is 0.494 e. The van der Waals surface area contributed by atoms with E-state index in [4.69, 9.17) is 9.26 Å². The fraction of sp³-hybridized carbons (Fsp3) is 0.286. The molecule has 144 valence electrons. The Morgan fingerprint density at radius 2 is 2.04 bits per heavy atom. The molecule has 1 aliphatic heterocycles. The van der Waals surface area contributed by atoms with E-state index in [0.29, 0.717) is 23.9 Å². The van der Waals surface area contributed by atoms with Crippen molar-refractivity contribution >= 4 is 11.6 Å². The van der Waals surface area contributed by atoms with E-state index in [1.54, 1.807) is 6.07 Å². The summed E-state index contributed by atoms with van der Waals surface area (Å²) < 4.78 is 24.4. The van der Waals surface area contributed by atoms with Gasteiger partial charge >= 0.3 is 0 Å². The number of benzene rings is 2. The SMILES string of the molecule is COc1ccc(N2CC(c3nc(-c4ccc(C)cc4C)no3)CC2=O)cc1F. The molecule has 0 N–H and O–H groups in total. The summed E-state index contributed by atoms with van der Waals surface area (Å²) in [6.07, 6.45) is 0.238. The second-order valence-electron chi connectivity index (χ2n) is 7.00. The Bertz CT molecular complexity index is 1050. The first-order valence-corrected chi connectivity index (χ1v) is 9.01. The van der Waals surface area contributed by atoms with Crippen molar-refractivity contribution in [1.82, 2.24) is 10.1 Å². The standard InChI is InChI=1S/C21H20FN3O3/c1-12-4-6-16(13(2)8-12)20-23-21(28-24-20)14-9-19(26)25(11-14)15-5-7-18(27-3)17(22)10-15/h4-8,10,14H,9,11H2,1-3H3. The average Bonchev–Trinajstić information content (AvgIpc) is 3.28. The van der Waals surface area contributed by atoms with Crippen molar-refractivity contribution in [3.05, 3.63) is 59.2 Å². The molecule has 0 radical (unpaired) electrons. The van der Waals surface area contributed by atoms with Crippen LogP contribution in [0.25, 0.3) is 11.4 Å². The molecule has 4 rings (SSSR count). The number of anilines is 1. The van der Waals surface area contributed by atoms with Crippen LogP contribution in [-0.2, 0) is 4.79 Å². The van der Waals surface area contributed by atoms with Crippen LogP contribution in [-0.4, -0.2) is 29.7 Å². The summed E-state index contributed by atoms with van der Waals surface area (Å²) in [5.74, 6) is 0.215. The minimum Gasteiger partial charge on any atom is -0.494 e. The fourth-order valence-electron chi connectivity index (χ4n) is 3.52. The van der Waals surface area contributed by atoms with E-state index in [1.807, 2.05) is 26.0 Å². The van der Waals surface area contributed by atoms with Crippen LogP contribution in [0.15, 0.2) is 40.9 Å². The van der Waals surface area contributed by atoms with E-state index in [-0.39, 0.29) is 24.0 Å². The van der Waals surface area contributed by atoms with Crippen LogP contribution in [0.2, 0.25) is 0 Å². The number of amides is 1. The zero-order valence-electron chi connectivity index (χ0n) is 15.9. The van der Waals surface area contributed by atoms with Crippen LogP contribution in [0, 0.1) is 19.7 Å². The van der Waals surface area contributed by atoms with E-state index >= 15 is 0 Å². The van der Waals surface area contributed by atoms with Crippen LogP contribution in [0.3, 0.4) is 0 Å². The highest BCUT2D eigenvalue weighted by Crippen LogP contribution is 2.34. The average molecular weight is 381 g/mol. The number of hydrogen-bond donors (Lipinski definition) is 0. The van der Waals surface area contributed by atoms with Crippen molar-refractivity contribution in [3.63, 3.8) is 0 Å². The summed E-state index contributed by atoms with van der Waals surface area (Å²) in [5, 5.41) is 4.09. The van der Waals surface area contributed by atoms with Gasteiger partial charge in [0.2, 0.25) is 17.6 Å². The van der Waals surface area contributed by atoms with E-state index in [9.17, 15) is 9.18 Å². The molecule has 1 atom stereocenters. The van der Waals surface area contributed by atoms with Gasteiger partial charge in [-0.25, -0.2) is 4.39 Å². The molecule has 28 heavy (non-hydrogen) atoms. The first-order valence-electron chi connectivity index (χ1n) is 9.01. The number of hydrogen-bond acceptors (Lipinski definition) is 5. The van der Waals surface area contributed by atoms with Gasteiger partial charge in [-0.15, -0.1) is 0 Å². The minimum atomic E-state index is -0.508. The van der Waals surface area contributed by atoms with Crippen molar-refractivity contribution in [3.8, 4) is 17.1 Å². The molecule has 1 unspecified atom stereocenters. The Balaban J connectivity index is 1.56. The highest BCUT2D eigenvalue weighted by atomic mass is 19.1. The second kappa shape index (κ2) is 7.07. The first-order chi connectivity index (χ1) is 13.5. The van der Waals surface area contributed by atoms with E-state index < -0.39 is 5.82 Å². The van der Waals surface area contributed by atoms with Gasteiger partial charge in [0, 0.05) is 30.3 Å².